The van der Waals surface area contributed by atoms with Crippen LogP contribution in [-0.2, 0) is 19.4 Å². The van der Waals surface area contributed by atoms with Crippen LogP contribution in [0.5, 0.6) is 0 Å². The fraction of sp³-hybridized carbons (Fsp3) is 0.292. The summed E-state index contributed by atoms with van der Waals surface area (Å²) in [7, 11) is 0. The standard InChI is InChI=1S/C24H23N5O4/c30-23(25-20-7-3-5-15-4-1-2-6-18(15)20)22-19-14-28(13-12-21(19)26-27-22)24(31)16-8-10-17(11-9-16)29(32)33/h1-2,4,6,8-11,20H,3,5,7,12-14H2,(H,25,30)(H,26,27). The molecule has 1 aromatic heterocycles. The minimum Gasteiger partial charge on any atom is -0.344 e. The molecule has 0 bridgehead atoms. The van der Waals surface area contributed by atoms with Crippen LogP contribution in [0.2, 0.25) is 0 Å². The van der Waals surface area contributed by atoms with Gasteiger partial charge in [-0.1, -0.05) is 24.3 Å². The van der Waals surface area contributed by atoms with Gasteiger partial charge in [0.05, 0.1) is 17.5 Å². The zero-order chi connectivity index (χ0) is 22.9. The van der Waals surface area contributed by atoms with Gasteiger partial charge in [0.15, 0.2) is 5.69 Å². The van der Waals surface area contributed by atoms with Crippen LogP contribution in [0, 0.1) is 10.1 Å². The predicted octanol–water partition coefficient (Wildman–Crippen LogP) is 3.32. The fourth-order valence-corrected chi connectivity index (χ4v) is 4.69. The van der Waals surface area contributed by atoms with Crippen molar-refractivity contribution in [1.82, 2.24) is 20.4 Å². The lowest BCUT2D eigenvalue weighted by molar-refractivity contribution is -0.384. The fourth-order valence-electron chi connectivity index (χ4n) is 4.69. The number of aromatic amines is 1. The number of carbonyl (C=O) groups is 2. The number of nitrogens with one attached hydrogen (secondary N) is 2. The van der Waals surface area contributed by atoms with E-state index in [-0.39, 0.29) is 30.1 Å². The Morgan fingerprint density at radius 2 is 1.91 bits per heavy atom. The highest BCUT2D eigenvalue weighted by Gasteiger charge is 2.30. The molecule has 0 saturated carbocycles. The van der Waals surface area contributed by atoms with Crippen LogP contribution in [0.1, 0.15) is 62.1 Å². The summed E-state index contributed by atoms with van der Waals surface area (Å²) in [6, 6.07) is 13.7. The summed E-state index contributed by atoms with van der Waals surface area (Å²) < 4.78 is 0. The lowest BCUT2D eigenvalue weighted by Crippen LogP contribution is -2.37. The molecule has 2 aliphatic rings. The van der Waals surface area contributed by atoms with Crippen molar-refractivity contribution in [3.63, 3.8) is 0 Å². The van der Waals surface area contributed by atoms with Gasteiger partial charge in [-0.25, -0.2) is 0 Å². The van der Waals surface area contributed by atoms with E-state index in [0.717, 1.165) is 36.1 Å². The molecule has 2 heterocycles. The van der Waals surface area contributed by atoms with E-state index in [2.05, 4.69) is 27.6 Å². The Bertz CT molecular complexity index is 1230. The van der Waals surface area contributed by atoms with E-state index < -0.39 is 4.92 Å². The maximum absolute atomic E-state index is 13.1. The number of aryl methyl sites for hydroxylation is 1. The molecule has 5 rings (SSSR count). The van der Waals surface area contributed by atoms with Crippen LogP contribution in [-0.4, -0.2) is 38.4 Å². The normalized spacial score (nSPS) is 17.1. The van der Waals surface area contributed by atoms with Gasteiger partial charge in [-0.3, -0.25) is 24.8 Å². The zero-order valence-electron chi connectivity index (χ0n) is 17.9. The molecule has 1 unspecified atom stereocenters. The summed E-state index contributed by atoms with van der Waals surface area (Å²) in [6.07, 6.45) is 3.46. The summed E-state index contributed by atoms with van der Waals surface area (Å²) in [5, 5.41) is 21.2. The molecule has 0 spiro atoms. The minimum absolute atomic E-state index is 0.0590. The van der Waals surface area contributed by atoms with Crippen LogP contribution in [0.25, 0.3) is 0 Å². The Kier molecular flexibility index (Phi) is 5.37. The molecule has 0 fully saturated rings. The number of non-ortho nitro benzene ring substituents is 1. The number of H-pyrrole nitrogens is 1. The molecule has 2 amide bonds. The number of benzene rings is 2. The van der Waals surface area contributed by atoms with E-state index >= 15 is 0 Å². The van der Waals surface area contributed by atoms with Gasteiger partial charge in [0.25, 0.3) is 17.5 Å². The molecule has 9 heteroatoms. The molecule has 1 atom stereocenters. The van der Waals surface area contributed by atoms with Crippen molar-refractivity contribution in [2.75, 3.05) is 6.54 Å². The SMILES string of the molecule is O=C(NC1CCCc2ccccc21)c1n[nH]c2c1CN(C(=O)c1ccc([N+](=O)[O-])cc1)CC2. The second kappa shape index (κ2) is 8.50. The largest absolute Gasteiger partial charge is 0.344 e. The van der Waals surface area contributed by atoms with Gasteiger partial charge in [0, 0.05) is 41.9 Å². The van der Waals surface area contributed by atoms with Gasteiger partial charge < -0.3 is 10.2 Å². The van der Waals surface area contributed by atoms with Crippen molar-refractivity contribution in [2.24, 2.45) is 0 Å². The van der Waals surface area contributed by atoms with E-state index in [1.165, 1.54) is 29.8 Å². The Hall–Kier alpha value is -4.01. The van der Waals surface area contributed by atoms with Gasteiger partial charge in [-0.15, -0.1) is 0 Å². The molecular weight excluding hydrogens is 422 g/mol. The highest BCUT2D eigenvalue weighted by Crippen LogP contribution is 2.30. The second-order valence-electron chi connectivity index (χ2n) is 8.43. The van der Waals surface area contributed by atoms with Crippen LogP contribution >= 0.6 is 0 Å². The van der Waals surface area contributed by atoms with Crippen LogP contribution in [0.15, 0.2) is 48.5 Å². The topological polar surface area (TPSA) is 121 Å². The summed E-state index contributed by atoms with van der Waals surface area (Å²) in [4.78, 5) is 38.1. The van der Waals surface area contributed by atoms with Crippen molar-refractivity contribution in [2.45, 2.75) is 38.3 Å². The van der Waals surface area contributed by atoms with Gasteiger partial charge in [0.2, 0.25) is 0 Å². The number of carbonyl (C=O) groups excluding carboxylic acids is 2. The van der Waals surface area contributed by atoms with Gasteiger partial charge in [0.1, 0.15) is 0 Å². The molecule has 1 aliphatic heterocycles. The highest BCUT2D eigenvalue weighted by atomic mass is 16.6. The molecule has 0 radical (unpaired) electrons. The summed E-state index contributed by atoms with van der Waals surface area (Å²) in [5.41, 5.74) is 4.61. The summed E-state index contributed by atoms with van der Waals surface area (Å²) >= 11 is 0. The summed E-state index contributed by atoms with van der Waals surface area (Å²) in [6.45, 7) is 0.730. The van der Waals surface area contributed by atoms with Crippen molar-refractivity contribution in [3.8, 4) is 0 Å². The number of nitro benzene ring substituents is 1. The van der Waals surface area contributed by atoms with Crippen molar-refractivity contribution in [1.29, 1.82) is 0 Å². The first-order chi connectivity index (χ1) is 16.0. The first-order valence-electron chi connectivity index (χ1n) is 11.0. The average molecular weight is 445 g/mol. The highest BCUT2D eigenvalue weighted by molar-refractivity contribution is 5.96. The molecule has 1 aliphatic carbocycles. The molecule has 0 saturated heterocycles. The second-order valence-corrected chi connectivity index (χ2v) is 8.43. The molecule has 33 heavy (non-hydrogen) atoms. The Morgan fingerprint density at radius 3 is 2.70 bits per heavy atom. The third-order valence-corrected chi connectivity index (χ3v) is 6.44. The molecule has 9 nitrogen and oxygen atoms in total. The average Bonchev–Trinajstić information content (AvgIpc) is 3.27. The smallest absolute Gasteiger partial charge is 0.272 e. The lowest BCUT2D eigenvalue weighted by Gasteiger charge is -2.28. The van der Waals surface area contributed by atoms with Crippen LogP contribution in [0.4, 0.5) is 5.69 Å². The number of fused-ring (bicyclic) bond motifs is 2. The van der Waals surface area contributed by atoms with Crippen molar-refractivity contribution < 1.29 is 14.5 Å². The van der Waals surface area contributed by atoms with Gasteiger partial charge in [-0.05, 0) is 42.5 Å². The van der Waals surface area contributed by atoms with Crippen molar-refractivity contribution >= 4 is 17.5 Å². The van der Waals surface area contributed by atoms with E-state index in [4.69, 9.17) is 0 Å². The number of nitro groups is 1. The Balaban J connectivity index is 1.33. The first-order valence-corrected chi connectivity index (χ1v) is 11.0. The van der Waals surface area contributed by atoms with Crippen LogP contribution in [0.3, 0.4) is 0 Å². The number of amides is 2. The third kappa shape index (κ3) is 3.97. The number of nitrogens with zero attached hydrogens (tertiary/aromatic N) is 3. The Labute approximate surface area is 190 Å². The monoisotopic (exact) mass is 445 g/mol. The van der Waals surface area contributed by atoms with Gasteiger partial charge >= 0.3 is 0 Å². The number of hydrogen-bond acceptors (Lipinski definition) is 5. The summed E-state index contributed by atoms with van der Waals surface area (Å²) in [5.74, 6) is -0.483. The quantitative estimate of drug-likeness (QED) is 0.471. The third-order valence-electron chi connectivity index (χ3n) is 6.44. The molecular formula is C24H23N5O4. The maximum Gasteiger partial charge on any atom is 0.272 e. The van der Waals surface area contributed by atoms with Crippen LogP contribution < -0.4 is 5.32 Å². The number of hydrogen-bond donors (Lipinski definition) is 2. The lowest BCUT2D eigenvalue weighted by atomic mass is 9.87. The minimum atomic E-state index is -0.498. The maximum atomic E-state index is 13.1. The first kappa shape index (κ1) is 20.9. The molecule has 168 valence electrons. The van der Waals surface area contributed by atoms with E-state index in [1.807, 2.05) is 12.1 Å². The van der Waals surface area contributed by atoms with E-state index in [1.54, 1.807) is 4.90 Å². The molecule has 2 aromatic carbocycles. The van der Waals surface area contributed by atoms with Gasteiger partial charge in [-0.2, -0.15) is 5.10 Å². The Morgan fingerprint density at radius 1 is 1.12 bits per heavy atom. The predicted molar refractivity (Wildman–Crippen MR) is 120 cm³/mol. The molecule has 3 aromatic rings. The molecule has 2 N–H and O–H groups in total. The van der Waals surface area contributed by atoms with Crippen molar-refractivity contribution in [3.05, 3.63) is 92.3 Å². The zero-order valence-corrected chi connectivity index (χ0v) is 17.9. The van der Waals surface area contributed by atoms with E-state index in [9.17, 15) is 19.7 Å². The van der Waals surface area contributed by atoms with E-state index in [0.29, 0.717) is 24.2 Å². The number of rotatable bonds is 4. The number of aromatic nitrogens is 2.